The van der Waals surface area contributed by atoms with Crippen molar-refractivity contribution in [2.45, 2.75) is 19.0 Å². The molecule has 0 fully saturated rings. The molecule has 0 spiro atoms. The Hall–Kier alpha value is -1.82. The topological polar surface area (TPSA) is 99.1 Å². The van der Waals surface area contributed by atoms with Crippen LogP contribution >= 0.6 is 0 Å². The summed E-state index contributed by atoms with van der Waals surface area (Å²) in [7, 11) is 0. The molecular formula is C9H11N3O3. The van der Waals surface area contributed by atoms with Crippen LogP contribution in [-0.4, -0.2) is 21.4 Å². The molecule has 1 atom stereocenters. The molecule has 0 amide bonds. The van der Waals surface area contributed by atoms with E-state index in [1.165, 1.54) is 31.5 Å². The highest BCUT2D eigenvalue weighted by Gasteiger charge is 2.45. The molecule has 0 bridgehead atoms. The van der Waals surface area contributed by atoms with Gasteiger partial charge in [-0.3, -0.25) is 25.6 Å². The summed E-state index contributed by atoms with van der Waals surface area (Å²) in [6.07, 6.45) is 2.68. The number of hydrogen-bond donors (Lipinski definition) is 1. The average molecular weight is 209 g/mol. The zero-order valence-corrected chi connectivity index (χ0v) is 8.21. The van der Waals surface area contributed by atoms with E-state index in [1.54, 1.807) is 0 Å². The maximum absolute atomic E-state index is 11.7. The molecule has 0 aliphatic carbocycles. The van der Waals surface area contributed by atoms with Gasteiger partial charge < -0.3 is 0 Å². The molecule has 1 rings (SSSR count). The normalized spacial score (nSPS) is 14.3. The number of rotatable bonds is 4. The zero-order valence-electron chi connectivity index (χ0n) is 8.21. The maximum atomic E-state index is 11.7. The van der Waals surface area contributed by atoms with Gasteiger partial charge in [0.1, 0.15) is 0 Å². The zero-order chi connectivity index (χ0) is 11.5. The third-order valence-electron chi connectivity index (χ3n) is 2.18. The molecule has 80 valence electrons. The molecule has 1 unspecified atom stereocenters. The number of nitrogens with two attached hydrogens (primary N) is 1. The third-order valence-corrected chi connectivity index (χ3v) is 2.18. The van der Waals surface area contributed by atoms with Crippen LogP contribution in [-0.2, 0) is 0 Å². The molecule has 0 saturated carbocycles. The van der Waals surface area contributed by atoms with Crippen LogP contribution in [0.1, 0.15) is 23.7 Å². The summed E-state index contributed by atoms with van der Waals surface area (Å²) in [6.45, 7) is 1.50. The van der Waals surface area contributed by atoms with E-state index < -0.39 is 16.4 Å². The molecule has 0 aromatic carbocycles. The second-order valence-corrected chi connectivity index (χ2v) is 3.11. The molecule has 6 nitrogen and oxygen atoms in total. The summed E-state index contributed by atoms with van der Waals surface area (Å²) in [4.78, 5) is 25.4. The molecule has 0 radical (unpaired) electrons. The van der Waals surface area contributed by atoms with E-state index in [0.29, 0.717) is 0 Å². The Balaban J connectivity index is 3.08. The number of hydrogen-bond acceptors (Lipinski definition) is 5. The van der Waals surface area contributed by atoms with Crippen molar-refractivity contribution >= 4 is 5.78 Å². The van der Waals surface area contributed by atoms with Crippen LogP contribution < -0.4 is 5.73 Å². The number of Topliss-reactive ketones (excluding diaryl/α,β-unsaturated/α-hetero) is 1. The molecule has 1 heterocycles. The minimum Gasteiger partial charge on any atom is -0.284 e. The van der Waals surface area contributed by atoms with Gasteiger partial charge in [-0.05, 0) is 12.1 Å². The molecule has 1 aromatic rings. The number of carbonyl (C=O) groups excluding carboxylic acids is 1. The van der Waals surface area contributed by atoms with Crippen LogP contribution in [0.5, 0.6) is 0 Å². The van der Waals surface area contributed by atoms with Crippen molar-refractivity contribution in [1.82, 2.24) is 4.98 Å². The molecule has 0 saturated heterocycles. The number of nitro groups is 1. The van der Waals surface area contributed by atoms with Gasteiger partial charge in [0.05, 0.1) is 4.92 Å². The van der Waals surface area contributed by atoms with Crippen molar-refractivity contribution in [1.29, 1.82) is 0 Å². The highest BCUT2D eigenvalue weighted by molar-refractivity contribution is 6.01. The van der Waals surface area contributed by atoms with Crippen LogP contribution in [0.15, 0.2) is 24.5 Å². The van der Waals surface area contributed by atoms with Crippen LogP contribution in [0, 0.1) is 10.1 Å². The van der Waals surface area contributed by atoms with Gasteiger partial charge in [-0.15, -0.1) is 0 Å². The summed E-state index contributed by atoms with van der Waals surface area (Å²) in [5.74, 6) is -0.719. The van der Waals surface area contributed by atoms with Crippen molar-refractivity contribution < 1.29 is 9.72 Å². The van der Waals surface area contributed by atoms with E-state index in [9.17, 15) is 14.9 Å². The van der Waals surface area contributed by atoms with Crippen molar-refractivity contribution in [3.63, 3.8) is 0 Å². The Morgan fingerprint density at radius 2 is 2.40 bits per heavy atom. The van der Waals surface area contributed by atoms with Gasteiger partial charge in [-0.25, -0.2) is 0 Å². The second kappa shape index (κ2) is 4.14. The lowest BCUT2D eigenvalue weighted by atomic mass is 9.98. The molecule has 6 heteroatoms. The quantitative estimate of drug-likeness (QED) is 0.339. The average Bonchev–Trinajstić information content (AvgIpc) is 2.28. The van der Waals surface area contributed by atoms with Crippen LogP contribution in [0.3, 0.4) is 0 Å². The highest BCUT2D eigenvalue weighted by Crippen LogP contribution is 2.14. The monoisotopic (exact) mass is 209 g/mol. The van der Waals surface area contributed by atoms with Gasteiger partial charge in [0.25, 0.3) is 5.78 Å². The molecule has 0 aliphatic rings. The highest BCUT2D eigenvalue weighted by atomic mass is 16.6. The summed E-state index contributed by atoms with van der Waals surface area (Å²) in [5.41, 5.74) is 3.54. The first-order valence-corrected chi connectivity index (χ1v) is 4.40. The third kappa shape index (κ3) is 1.99. The van der Waals surface area contributed by atoms with Crippen molar-refractivity contribution in [3.05, 3.63) is 40.2 Å². The first kappa shape index (κ1) is 11.3. The Kier molecular flexibility index (Phi) is 3.11. The minimum absolute atomic E-state index is 0.0618. The number of nitrogens with zero attached hydrogens (tertiary/aromatic N) is 2. The van der Waals surface area contributed by atoms with E-state index in [-0.39, 0.29) is 12.0 Å². The number of carbonyl (C=O) groups is 1. The summed E-state index contributed by atoms with van der Waals surface area (Å²) >= 11 is 0. The standard InChI is InChI=1S/C9H11N3O3/c1-2-9(10,12(14)15)8(13)7-4-3-5-11-6-7/h3-6H,2,10H2,1H3. The minimum atomic E-state index is -2.05. The predicted octanol–water partition coefficient (Wildman–Crippen LogP) is 0.606. The Morgan fingerprint density at radius 1 is 1.73 bits per heavy atom. The number of ketones is 1. The molecule has 0 aliphatic heterocycles. The van der Waals surface area contributed by atoms with E-state index in [0.717, 1.165) is 0 Å². The second-order valence-electron chi connectivity index (χ2n) is 3.11. The van der Waals surface area contributed by atoms with Gasteiger partial charge in [0.15, 0.2) is 0 Å². The Morgan fingerprint density at radius 3 is 2.80 bits per heavy atom. The SMILES string of the molecule is CCC(N)(C(=O)c1cccnc1)[N+](=O)[O-]. The van der Waals surface area contributed by atoms with Gasteiger partial charge in [-0.2, -0.15) is 0 Å². The van der Waals surface area contributed by atoms with Crippen LogP contribution in [0.2, 0.25) is 0 Å². The van der Waals surface area contributed by atoms with Crippen LogP contribution in [0.4, 0.5) is 0 Å². The van der Waals surface area contributed by atoms with Gasteiger partial charge in [0, 0.05) is 24.4 Å². The van der Waals surface area contributed by atoms with Crippen molar-refractivity contribution in [2.75, 3.05) is 0 Å². The maximum Gasteiger partial charge on any atom is 0.335 e. The van der Waals surface area contributed by atoms with E-state index >= 15 is 0 Å². The largest absolute Gasteiger partial charge is 0.335 e. The molecule has 15 heavy (non-hydrogen) atoms. The number of pyridine rings is 1. The van der Waals surface area contributed by atoms with Crippen molar-refractivity contribution in [3.8, 4) is 0 Å². The van der Waals surface area contributed by atoms with Gasteiger partial charge in [0.2, 0.25) is 0 Å². The lowest BCUT2D eigenvalue weighted by Gasteiger charge is -2.16. The van der Waals surface area contributed by atoms with E-state index in [1.807, 2.05) is 0 Å². The number of aromatic nitrogens is 1. The Bertz CT molecular complexity index is 379. The van der Waals surface area contributed by atoms with E-state index in [4.69, 9.17) is 5.73 Å². The first-order valence-electron chi connectivity index (χ1n) is 4.40. The van der Waals surface area contributed by atoms with Crippen molar-refractivity contribution in [2.24, 2.45) is 5.73 Å². The van der Waals surface area contributed by atoms with Gasteiger partial charge >= 0.3 is 5.66 Å². The summed E-state index contributed by atoms with van der Waals surface area (Å²) in [6, 6.07) is 2.99. The smallest absolute Gasteiger partial charge is 0.284 e. The molecule has 2 N–H and O–H groups in total. The summed E-state index contributed by atoms with van der Waals surface area (Å²) in [5, 5.41) is 10.7. The molecule has 1 aromatic heterocycles. The summed E-state index contributed by atoms with van der Waals surface area (Å²) < 4.78 is 0. The lowest BCUT2D eigenvalue weighted by Crippen LogP contribution is -2.54. The van der Waals surface area contributed by atoms with Crippen LogP contribution in [0.25, 0.3) is 0 Å². The van der Waals surface area contributed by atoms with Gasteiger partial charge in [-0.1, -0.05) is 6.92 Å². The fourth-order valence-electron chi connectivity index (χ4n) is 1.12. The fourth-order valence-corrected chi connectivity index (χ4v) is 1.12. The fraction of sp³-hybridized carbons (Fsp3) is 0.333. The first-order chi connectivity index (χ1) is 7.02. The lowest BCUT2D eigenvalue weighted by molar-refractivity contribution is -0.549. The van der Waals surface area contributed by atoms with E-state index in [2.05, 4.69) is 4.98 Å². The predicted molar refractivity (Wildman–Crippen MR) is 52.8 cm³/mol. The molecular weight excluding hydrogens is 198 g/mol. The Labute approximate surface area is 86.3 Å².